The molecule has 2 aromatic carbocycles. The van der Waals surface area contributed by atoms with Crippen LogP contribution in [0.3, 0.4) is 0 Å². The first-order chi connectivity index (χ1) is 10.7. The molecule has 0 saturated heterocycles. The molecule has 0 radical (unpaired) electrons. The Morgan fingerprint density at radius 2 is 1.86 bits per heavy atom. The molecule has 0 atom stereocenters. The van der Waals surface area contributed by atoms with E-state index in [1.807, 2.05) is 29.0 Å². The van der Waals surface area contributed by atoms with Crippen LogP contribution in [-0.4, -0.2) is 4.92 Å². The van der Waals surface area contributed by atoms with Gasteiger partial charge in [-0.3, -0.25) is 10.1 Å². The van der Waals surface area contributed by atoms with Gasteiger partial charge in [-0.05, 0) is 24.3 Å². The van der Waals surface area contributed by atoms with E-state index in [1.165, 1.54) is 6.07 Å². The van der Waals surface area contributed by atoms with E-state index >= 15 is 0 Å². The molecule has 0 unspecified atom stereocenters. The fourth-order valence-corrected chi connectivity index (χ4v) is 2.46. The summed E-state index contributed by atoms with van der Waals surface area (Å²) in [5, 5.41) is 20.6. The maximum Gasteiger partial charge on any atom is 0.283 e. The Morgan fingerprint density at radius 1 is 1.09 bits per heavy atom. The SMILES string of the molecule is N#Cc1ccc(C[n+]2cccc3c([N+](=O)[O-])cccc32)cc1. The summed E-state index contributed by atoms with van der Waals surface area (Å²) >= 11 is 0. The molecule has 1 heterocycles. The molecule has 3 rings (SSSR count). The van der Waals surface area contributed by atoms with Gasteiger partial charge in [-0.2, -0.15) is 9.83 Å². The predicted molar refractivity (Wildman–Crippen MR) is 81.1 cm³/mol. The van der Waals surface area contributed by atoms with Crippen LogP contribution in [0.1, 0.15) is 11.1 Å². The number of aromatic nitrogens is 1. The molecule has 0 saturated carbocycles. The van der Waals surface area contributed by atoms with Crippen molar-refractivity contribution in [3.05, 3.63) is 82.0 Å². The van der Waals surface area contributed by atoms with Gasteiger partial charge in [0.15, 0.2) is 12.7 Å². The van der Waals surface area contributed by atoms with Crippen molar-refractivity contribution < 1.29 is 9.49 Å². The number of hydrogen-bond acceptors (Lipinski definition) is 3. The minimum absolute atomic E-state index is 0.103. The molecule has 0 aliphatic rings. The van der Waals surface area contributed by atoms with Crippen molar-refractivity contribution in [1.29, 1.82) is 5.26 Å². The fourth-order valence-electron chi connectivity index (χ4n) is 2.46. The van der Waals surface area contributed by atoms with E-state index in [0.29, 0.717) is 17.5 Å². The van der Waals surface area contributed by atoms with E-state index in [2.05, 4.69) is 6.07 Å². The molecule has 1 aromatic heterocycles. The van der Waals surface area contributed by atoms with Crippen LogP contribution in [0.4, 0.5) is 5.69 Å². The Labute approximate surface area is 126 Å². The van der Waals surface area contributed by atoms with Gasteiger partial charge in [0.2, 0.25) is 5.52 Å². The Morgan fingerprint density at radius 3 is 2.55 bits per heavy atom. The highest BCUT2D eigenvalue weighted by molar-refractivity contribution is 5.85. The van der Waals surface area contributed by atoms with Crippen LogP contribution in [0.2, 0.25) is 0 Å². The Kier molecular flexibility index (Phi) is 3.50. The highest BCUT2D eigenvalue weighted by Crippen LogP contribution is 2.22. The lowest BCUT2D eigenvalue weighted by Crippen LogP contribution is -2.34. The number of benzene rings is 2. The average Bonchev–Trinajstić information content (AvgIpc) is 2.55. The van der Waals surface area contributed by atoms with Crippen LogP contribution < -0.4 is 4.57 Å². The summed E-state index contributed by atoms with van der Waals surface area (Å²) in [6, 6.07) is 18.0. The van der Waals surface area contributed by atoms with E-state index in [1.54, 1.807) is 30.3 Å². The Balaban J connectivity index is 2.05. The van der Waals surface area contributed by atoms with Crippen molar-refractivity contribution in [2.24, 2.45) is 0 Å². The van der Waals surface area contributed by atoms with E-state index in [-0.39, 0.29) is 10.6 Å². The van der Waals surface area contributed by atoms with Gasteiger partial charge in [-0.25, -0.2) is 0 Å². The van der Waals surface area contributed by atoms with Crippen molar-refractivity contribution in [2.45, 2.75) is 6.54 Å². The average molecular weight is 290 g/mol. The molecule has 0 amide bonds. The quantitative estimate of drug-likeness (QED) is 0.423. The zero-order valence-electron chi connectivity index (χ0n) is 11.6. The monoisotopic (exact) mass is 290 g/mol. The molecule has 0 aliphatic heterocycles. The number of pyridine rings is 1. The highest BCUT2D eigenvalue weighted by atomic mass is 16.6. The molecule has 106 valence electrons. The minimum atomic E-state index is -0.367. The lowest BCUT2D eigenvalue weighted by molar-refractivity contribution is -0.662. The summed E-state index contributed by atoms with van der Waals surface area (Å²) in [5.41, 5.74) is 2.55. The number of non-ortho nitro benzene ring substituents is 1. The van der Waals surface area contributed by atoms with E-state index < -0.39 is 0 Å². The van der Waals surface area contributed by atoms with Crippen LogP contribution in [0.25, 0.3) is 10.9 Å². The van der Waals surface area contributed by atoms with Crippen LogP contribution in [-0.2, 0) is 6.54 Å². The molecule has 0 aliphatic carbocycles. The third-order valence-electron chi connectivity index (χ3n) is 3.53. The second-order valence-electron chi connectivity index (χ2n) is 4.91. The molecule has 5 heteroatoms. The molecule has 0 spiro atoms. The second-order valence-corrected chi connectivity index (χ2v) is 4.91. The highest BCUT2D eigenvalue weighted by Gasteiger charge is 2.17. The van der Waals surface area contributed by atoms with Crippen LogP contribution >= 0.6 is 0 Å². The zero-order valence-corrected chi connectivity index (χ0v) is 11.6. The summed E-state index contributed by atoms with van der Waals surface area (Å²) < 4.78 is 1.96. The van der Waals surface area contributed by atoms with Crippen LogP contribution in [0.5, 0.6) is 0 Å². The predicted octanol–water partition coefficient (Wildman–Crippen LogP) is 2.96. The van der Waals surface area contributed by atoms with Gasteiger partial charge in [0.1, 0.15) is 5.39 Å². The molecule has 22 heavy (non-hydrogen) atoms. The standard InChI is InChI=1S/C17H12N3O2/c18-11-13-6-8-14(9-7-13)12-19-10-2-3-15-16(19)4-1-5-17(15)20(21)22/h1-10H,12H2/q+1. The number of nitrogens with zero attached hydrogens (tertiary/aromatic N) is 3. The second kappa shape index (κ2) is 5.62. The van der Waals surface area contributed by atoms with Crippen LogP contribution in [0.15, 0.2) is 60.8 Å². The zero-order chi connectivity index (χ0) is 15.5. The molecule has 0 N–H and O–H groups in total. The van der Waals surface area contributed by atoms with Gasteiger partial charge in [-0.1, -0.05) is 12.1 Å². The first-order valence-corrected chi connectivity index (χ1v) is 6.73. The van der Waals surface area contributed by atoms with Gasteiger partial charge < -0.3 is 0 Å². The van der Waals surface area contributed by atoms with Crippen molar-refractivity contribution in [3.8, 4) is 6.07 Å². The maximum atomic E-state index is 11.1. The molecule has 0 bridgehead atoms. The largest absolute Gasteiger partial charge is 0.283 e. The summed E-state index contributed by atoms with van der Waals surface area (Å²) in [6.07, 6.45) is 1.89. The van der Waals surface area contributed by atoms with Crippen molar-refractivity contribution in [3.63, 3.8) is 0 Å². The Bertz CT molecular complexity index is 896. The first-order valence-electron chi connectivity index (χ1n) is 6.73. The fraction of sp³-hybridized carbons (Fsp3) is 0.0588. The lowest BCUT2D eigenvalue weighted by atomic mass is 10.1. The lowest BCUT2D eigenvalue weighted by Gasteiger charge is -2.02. The summed E-state index contributed by atoms with van der Waals surface area (Å²) in [6.45, 7) is 0.588. The van der Waals surface area contributed by atoms with Crippen molar-refractivity contribution in [1.82, 2.24) is 0 Å². The topological polar surface area (TPSA) is 70.8 Å². The number of nitro groups is 1. The molecule has 5 nitrogen and oxygen atoms in total. The molecule has 3 aromatic rings. The summed E-state index contributed by atoms with van der Waals surface area (Å²) in [4.78, 5) is 10.8. The minimum Gasteiger partial charge on any atom is -0.258 e. The normalized spacial score (nSPS) is 10.3. The van der Waals surface area contributed by atoms with Crippen LogP contribution in [0, 0.1) is 21.4 Å². The molecule has 0 fully saturated rings. The third kappa shape index (κ3) is 2.50. The van der Waals surface area contributed by atoms with Gasteiger partial charge >= 0.3 is 0 Å². The number of hydrogen-bond donors (Lipinski definition) is 0. The molecular formula is C17H12N3O2+. The van der Waals surface area contributed by atoms with Gasteiger partial charge in [0.25, 0.3) is 5.69 Å². The Hall–Kier alpha value is -3.26. The van der Waals surface area contributed by atoms with Gasteiger partial charge in [0, 0.05) is 23.8 Å². The van der Waals surface area contributed by atoms with Crippen molar-refractivity contribution in [2.75, 3.05) is 0 Å². The number of fused-ring (bicyclic) bond motifs is 1. The third-order valence-corrected chi connectivity index (χ3v) is 3.53. The first kappa shape index (κ1) is 13.7. The smallest absolute Gasteiger partial charge is 0.258 e. The number of nitriles is 1. The summed E-state index contributed by atoms with van der Waals surface area (Å²) in [5.74, 6) is 0. The molecular weight excluding hydrogens is 278 g/mol. The number of nitro benzene ring substituents is 1. The summed E-state index contributed by atoms with van der Waals surface area (Å²) in [7, 11) is 0. The van der Waals surface area contributed by atoms with E-state index in [0.717, 1.165) is 11.1 Å². The van der Waals surface area contributed by atoms with E-state index in [9.17, 15) is 10.1 Å². The van der Waals surface area contributed by atoms with Crippen molar-refractivity contribution >= 4 is 16.6 Å². The number of rotatable bonds is 3. The van der Waals surface area contributed by atoms with Gasteiger partial charge in [-0.15, -0.1) is 0 Å². The maximum absolute atomic E-state index is 11.1. The van der Waals surface area contributed by atoms with Gasteiger partial charge in [0.05, 0.1) is 16.6 Å². The van der Waals surface area contributed by atoms with E-state index in [4.69, 9.17) is 5.26 Å².